The smallest absolute Gasteiger partial charge is 0.153 e. The zero-order valence-corrected chi connectivity index (χ0v) is 17.4. The molecule has 0 saturated carbocycles. The average Bonchev–Trinajstić information content (AvgIpc) is 2.48. The van der Waals surface area contributed by atoms with Gasteiger partial charge in [0, 0.05) is 8.80 Å². The molecule has 0 atom stereocenters. The minimum atomic E-state index is -1.24. The largest absolute Gasteiger partial charge is 0.167 e. The molecule has 0 aromatic carbocycles. The van der Waals surface area contributed by atoms with Crippen LogP contribution in [-0.2, 0) is 0 Å². The van der Waals surface area contributed by atoms with Crippen molar-refractivity contribution in [2.24, 2.45) is 11.8 Å². The summed E-state index contributed by atoms with van der Waals surface area (Å²) >= 11 is 6.60. The molecule has 0 amide bonds. The highest BCUT2D eigenvalue weighted by Crippen LogP contribution is 2.38. The Morgan fingerprint density at radius 3 is 2.19 bits per heavy atom. The molecule has 0 radical (unpaired) electrons. The summed E-state index contributed by atoms with van der Waals surface area (Å²) in [6, 6.07) is 7.79. The molecule has 2 aliphatic rings. The Morgan fingerprint density at radius 2 is 1.57 bits per heavy atom. The van der Waals surface area contributed by atoms with Gasteiger partial charge in [-0.15, -0.1) is 0 Å². The fraction of sp³-hybridized carbons (Fsp3) is 1.00. The standard InChI is InChI=1S/C18H37ClSi2/c1-3-4-5-6-17-7-12-20(13-8-17)14-9-18-10-15-21(2,19)16-11-18/h17-18,20H,3-16H2,1-2H3/t17-,18?,20-,21?. The lowest BCUT2D eigenvalue weighted by Gasteiger charge is -2.32. The first-order chi connectivity index (χ1) is 10.1. The van der Waals surface area contributed by atoms with Crippen LogP contribution in [0.25, 0.3) is 0 Å². The molecule has 0 aromatic heterocycles. The van der Waals surface area contributed by atoms with E-state index < -0.39 is 7.38 Å². The maximum Gasteiger partial charge on any atom is 0.153 e. The number of halogens is 1. The van der Waals surface area contributed by atoms with Crippen LogP contribution in [0.15, 0.2) is 0 Å². The first-order valence-electron chi connectivity index (χ1n) is 9.78. The van der Waals surface area contributed by atoms with Gasteiger partial charge in [-0.05, 0) is 23.9 Å². The maximum atomic E-state index is 6.60. The first kappa shape index (κ1) is 18.1. The Morgan fingerprint density at radius 1 is 0.952 bits per heavy atom. The van der Waals surface area contributed by atoms with Crippen LogP contribution in [0.5, 0.6) is 0 Å². The van der Waals surface area contributed by atoms with Crippen molar-refractivity contribution in [1.29, 1.82) is 0 Å². The predicted octanol–water partition coefficient (Wildman–Crippen LogP) is 6.82. The van der Waals surface area contributed by atoms with Gasteiger partial charge in [-0.1, -0.05) is 89.4 Å². The van der Waals surface area contributed by atoms with Crippen molar-refractivity contribution in [3.8, 4) is 0 Å². The number of rotatable bonds is 7. The highest BCUT2D eigenvalue weighted by Gasteiger charge is 2.31. The van der Waals surface area contributed by atoms with Gasteiger partial charge in [0.25, 0.3) is 0 Å². The average molecular weight is 345 g/mol. The molecule has 0 aliphatic carbocycles. The summed E-state index contributed by atoms with van der Waals surface area (Å²) in [6.45, 7) is 4.70. The van der Waals surface area contributed by atoms with E-state index in [2.05, 4.69) is 13.5 Å². The zero-order valence-electron chi connectivity index (χ0n) is 14.5. The van der Waals surface area contributed by atoms with E-state index in [1.807, 2.05) is 0 Å². The van der Waals surface area contributed by atoms with Crippen molar-refractivity contribution in [2.75, 3.05) is 0 Å². The summed E-state index contributed by atoms with van der Waals surface area (Å²) in [5.41, 5.74) is 0. The SMILES string of the molecule is CCCCC[C@H]1CC[Si@H](CCC2CC[Si](C)(Cl)CC2)CC1. The highest BCUT2D eigenvalue weighted by molar-refractivity contribution is 7.19. The van der Waals surface area contributed by atoms with Crippen LogP contribution in [-0.4, -0.2) is 16.2 Å². The molecule has 0 bridgehead atoms. The second kappa shape index (κ2) is 9.13. The van der Waals surface area contributed by atoms with Gasteiger partial charge in [0.15, 0.2) is 7.38 Å². The quantitative estimate of drug-likeness (QED) is 0.270. The molecular formula is C18H37ClSi2. The van der Waals surface area contributed by atoms with Crippen LogP contribution >= 0.6 is 11.1 Å². The Hall–Kier alpha value is 0.724. The van der Waals surface area contributed by atoms with E-state index in [1.165, 1.54) is 50.6 Å². The summed E-state index contributed by atoms with van der Waals surface area (Å²) in [4.78, 5) is 0. The Kier molecular flexibility index (Phi) is 7.85. The fourth-order valence-electron chi connectivity index (χ4n) is 4.53. The molecule has 21 heavy (non-hydrogen) atoms. The van der Waals surface area contributed by atoms with Crippen LogP contribution in [0.2, 0.25) is 36.8 Å². The summed E-state index contributed by atoms with van der Waals surface area (Å²) in [5, 5.41) is 0. The van der Waals surface area contributed by atoms with Gasteiger partial charge in [0.05, 0.1) is 0 Å². The molecular weight excluding hydrogens is 308 g/mol. The summed E-state index contributed by atoms with van der Waals surface area (Å²) < 4.78 is 0. The van der Waals surface area contributed by atoms with E-state index in [4.69, 9.17) is 11.1 Å². The number of hydrogen-bond donors (Lipinski definition) is 0. The van der Waals surface area contributed by atoms with Gasteiger partial charge >= 0.3 is 0 Å². The van der Waals surface area contributed by atoms with Crippen LogP contribution in [0.3, 0.4) is 0 Å². The van der Waals surface area contributed by atoms with Crippen LogP contribution in [0, 0.1) is 11.8 Å². The molecule has 2 rings (SSSR count). The normalized spacial score (nSPS) is 37.6. The topological polar surface area (TPSA) is 0 Å². The van der Waals surface area contributed by atoms with Crippen molar-refractivity contribution in [3.63, 3.8) is 0 Å². The summed E-state index contributed by atoms with van der Waals surface area (Å²) in [6.07, 6.45) is 13.6. The van der Waals surface area contributed by atoms with Gasteiger partial charge in [0.2, 0.25) is 0 Å². The lowest BCUT2D eigenvalue weighted by Crippen LogP contribution is -2.29. The van der Waals surface area contributed by atoms with E-state index in [9.17, 15) is 0 Å². The molecule has 0 nitrogen and oxygen atoms in total. The van der Waals surface area contributed by atoms with E-state index >= 15 is 0 Å². The predicted molar refractivity (Wildman–Crippen MR) is 103 cm³/mol. The molecule has 2 heterocycles. The molecule has 2 saturated heterocycles. The molecule has 0 N–H and O–H groups in total. The fourth-order valence-corrected chi connectivity index (χ4v) is 11.2. The maximum absolute atomic E-state index is 6.60. The third kappa shape index (κ3) is 6.78. The molecule has 0 unspecified atom stereocenters. The molecule has 0 spiro atoms. The van der Waals surface area contributed by atoms with Crippen molar-refractivity contribution in [1.82, 2.24) is 0 Å². The third-order valence-electron chi connectivity index (χ3n) is 6.31. The molecule has 124 valence electrons. The minimum Gasteiger partial charge on any atom is -0.167 e. The second-order valence-corrected chi connectivity index (χ2v) is 18.3. The van der Waals surface area contributed by atoms with Gasteiger partial charge in [-0.2, -0.15) is 11.1 Å². The van der Waals surface area contributed by atoms with Gasteiger partial charge in [-0.3, -0.25) is 0 Å². The Balaban J connectivity index is 1.55. The van der Waals surface area contributed by atoms with Crippen molar-refractivity contribution in [3.05, 3.63) is 0 Å². The van der Waals surface area contributed by atoms with Crippen LogP contribution < -0.4 is 0 Å². The van der Waals surface area contributed by atoms with Gasteiger partial charge < -0.3 is 0 Å². The molecule has 2 aliphatic heterocycles. The third-order valence-corrected chi connectivity index (χ3v) is 13.6. The summed E-state index contributed by atoms with van der Waals surface area (Å²) in [5.74, 6) is 2.16. The number of unbranched alkanes of at least 4 members (excludes halogenated alkanes) is 2. The molecule has 2 fully saturated rings. The van der Waals surface area contributed by atoms with E-state index in [0.29, 0.717) is 0 Å². The Labute approximate surface area is 140 Å². The molecule has 3 heteroatoms. The van der Waals surface area contributed by atoms with E-state index in [-0.39, 0.29) is 8.80 Å². The number of hydrogen-bond acceptors (Lipinski definition) is 0. The highest BCUT2D eigenvalue weighted by atomic mass is 35.6. The van der Waals surface area contributed by atoms with Crippen molar-refractivity contribution in [2.45, 2.75) is 101 Å². The monoisotopic (exact) mass is 344 g/mol. The van der Waals surface area contributed by atoms with Gasteiger partial charge in [-0.25, -0.2) is 0 Å². The van der Waals surface area contributed by atoms with Crippen LogP contribution in [0.1, 0.15) is 64.7 Å². The lowest BCUT2D eigenvalue weighted by atomic mass is 9.96. The Bertz CT molecular complexity index is 275. The van der Waals surface area contributed by atoms with E-state index in [0.717, 1.165) is 11.8 Å². The van der Waals surface area contributed by atoms with E-state index in [1.54, 1.807) is 37.4 Å². The van der Waals surface area contributed by atoms with Crippen molar-refractivity contribution < 1.29 is 0 Å². The zero-order chi connectivity index (χ0) is 15.1. The van der Waals surface area contributed by atoms with Crippen molar-refractivity contribution >= 4 is 27.3 Å². The van der Waals surface area contributed by atoms with Gasteiger partial charge in [0.1, 0.15) is 0 Å². The summed E-state index contributed by atoms with van der Waals surface area (Å²) in [7, 11) is -1.57. The molecule has 0 aromatic rings. The lowest BCUT2D eigenvalue weighted by molar-refractivity contribution is 0.412. The van der Waals surface area contributed by atoms with Crippen LogP contribution in [0.4, 0.5) is 0 Å². The first-order valence-corrected chi connectivity index (χ1v) is 16.2. The second-order valence-electron chi connectivity index (χ2n) is 8.32. The minimum absolute atomic E-state index is 0.332.